The molecule has 2 aromatic rings. The molecule has 0 spiro atoms. The molecule has 0 amide bonds. The van der Waals surface area contributed by atoms with Crippen molar-refractivity contribution < 1.29 is 0 Å². The van der Waals surface area contributed by atoms with E-state index in [4.69, 9.17) is 23.2 Å². The molecule has 1 radical (unpaired) electrons. The highest BCUT2D eigenvalue weighted by Crippen LogP contribution is 2.32. The maximum Gasteiger partial charge on any atom is 0.0563 e. The lowest BCUT2D eigenvalue weighted by Crippen LogP contribution is -1.88. The van der Waals surface area contributed by atoms with Gasteiger partial charge in [0.1, 0.15) is 0 Å². The first-order valence-electron chi connectivity index (χ1n) is 5.17. The van der Waals surface area contributed by atoms with Gasteiger partial charge in [-0.2, -0.15) is 0 Å². The number of hydrogen-bond acceptors (Lipinski definition) is 0. The second-order valence-electron chi connectivity index (χ2n) is 3.55. The number of aryl methyl sites for hydroxylation is 1. The van der Waals surface area contributed by atoms with E-state index in [0.29, 0.717) is 5.02 Å². The van der Waals surface area contributed by atoms with Gasteiger partial charge in [0.05, 0.1) is 5.02 Å². The zero-order valence-electron chi connectivity index (χ0n) is 8.93. The fraction of sp³-hybridized carbons (Fsp3) is 0.143. The Morgan fingerprint density at radius 3 is 2.62 bits per heavy atom. The van der Waals surface area contributed by atoms with Crippen LogP contribution in [0.1, 0.15) is 12.5 Å². The average molecular weight is 250 g/mol. The first kappa shape index (κ1) is 11.5. The van der Waals surface area contributed by atoms with E-state index in [9.17, 15) is 0 Å². The van der Waals surface area contributed by atoms with Gasteiger partial charge in [-0.15, -0.1) is 0 Å². The summed E-state index contributed by atoms with van der Waals surface area (Å²) in [5.74, 6) is 0. The van der Waals surface area contributed by atoms with E-state index < -0.39 is 0 Å². The van der Waals surface area contributed by atoms with Crippen molar-refractivity contribution in [2.45, 2.75) is 13.3 Å². The summed E-state index contributed by atoms with van der Waals surface area (Å²) in [4.78, 5) is 0. The summed E-state index contributed by atoms with van der Waals surface area (Å²) in [6, 6.07) is 14.6. The summed E-state index contributed by atoms with van der Waals surface area (Å²) in [5.41, 5.74) is 3.33. The Balaban J connectivity index is 2.63. The van der Waals surface area contributed by atoms with Crippen LogP contribution in [0.5, 0.6) is 0 Å². The number of hydrogen-bond donors (Lipinski definition) is 0. The highest BCUT2D eigenvalue weighted by atomic mass is 35.5. The minimum absolute atomic E-state index is 0.638. The summed E-state index contributed by atoms with van der Waals surface area (Å²) in [7, 11) is 0. The van der Waals surface area contributed by atoms with Gasteiger partial charge in [0, 0.05) is 16.7 Å². The van der Waals surface area contributed by atoms with Crippen molar-refractivity contribution in [1.82, 2.24) is 0 Å². The van der Waals surface area contributed by atoms with Crippen LogP contribution in [-0.2, 0) is 6.42 Å². The number of halogens is 2. The van der Waals surface area contributed by atoms with Gasteiger partial charge in [-0.3, -0.25) is 0 Å². The molecular weight excluding hydrogens is 239 g/mol. The Kier molecular flexibility index (Phi) is 3.52. The molecule has 0 saturated heterocycles. The monoisotopic (exact) mass is 249 g/mol. The lowest BCUT2D eigenvalue weighted by Gasteiger charge is -2.10. The molecule has 0 atom stereocenters. The molecule has 0 aliphatic rings. The second-order valence-corrected chi connectivity index (χ2v) is 4.37. The second kappa shape index (κ2) is 4.90. The van der Waals surface area contributed by atoms with E-state index >= 15 is 0 Å². The SMILES string of the molecule is CCc1ccc(Cl)cc1-c1ccc[c]c1Cl. The minimum atomic E-state index is 0.638. The Bertz CT molecular complexity index is 504. The molecule has 2 heteroatoms. The highest BCUT2D eigenvalue weighted by Gasteiger charge is 2.07. The van der Waals surface area contributed by atoms with Crippen molar-refractivity contribution in [3.63, 3.8) is 0 Å². The fourth-order valence-electron chi connectivity index (χ4n) is 1.73. The standard InChI is InChI=1S/C14H11Cl2/c1-2-10-7-8-11(15)9-13(10)12-5-3-4-6-14(12)16/h3-5,7-9H,2H2,1H3. The Morgan fingerprint density at radius 2 is 1.94 bits per heavy atom. The van der Waals surface area contributed by atoms with Crippen molar-refractivity contribution >= 4 is 23.2 Å². The van der Waals surface area contributed by atoms with Crippen LogP contribution in [-0.4, -0.2) is 0 Å². The molecule has 0 bridgehead atoms. The van der Waals surface area contributed by atoms with Crippen molar-refractivity contribution in [3.05, 3.63) is 58.1 Å². The van der Waals surface area contributed by atoms with Crippen LogP contribution in [0.25, 0.3) is 11.1 Å². The predicted octanol–water partition coefficient (Wildman–Crippen LogP) is 5.02. The number of rotatable bonds is 2. The third-order valence-electron chi connectivity index (χ3n) is 2.55. The van der Waals surface area contributed by atoms with Gasteiger partial charge in [0.2, 0.25) is 0 Å². The van der Waals surface area contributed by atoms with E-state index in [-0.39, 0.29) is 0 Å². The Morgan fingerprint density at radius 1 is 1.12 bits per heavy atom. The lowest BCUT2D eigenvalue weighted by molar-refractivity contribution is 1.14. The molecule has 16 heavy (non-hydrogen) atoms. The van der Waals surface area contributed by atoms with Crippen molar-refractivity contribution in [2.75, 3.05) is 0 Å². The zero-order valence-corrected chi connectivity index (χ0v) is 10.4. The van der Waals surface area contributed by atoms with Crippen molar-refractivity contribution in [1.29, 1.82) is 0 Å². The van der Waals surface area contributed by atoms with Gasteiger partial charge in [-0.1, -0.05) is 54.4 Å². The fourth-order valence-corrected chi connectivity index (χ4v) is 2.13. The molecule has 0 aromatic heterocycles. The topological polar surface area (TPSA) is 0 Å². The van der Waals surface area contributed by atoms with Gasteiger partial charge >= 0.3 is 0 Å². The molecule has 0 unspecified atom stereocenters. The molecule has 0 aliphatic heterocycles. The summed E-state index contributed by atoms with van der Waals surface area (Å²) in [5, 5.41) is 1.37. The molecule has 0 aliphatic carbocycles. The van der Waals surface area contributed by atoms with Gasteiger partial charge in [0.25, 0.3) is 0 Å². The van der Waals surface area contributed by atoms with E-state index in [1.165, 1.54) is 5.56 Å². The van der Waals surface area contributed by atoms with Crippen LogP contribution < -0.4 is 0 Å². The normalized spacial score (nSPS) is 10.4. The van der Waals surface area contributed by atoms with E-state index in [1.54, 1.807) is 0 Å². The van der Waals surface area contributed by atoms with E-state index in [2.05, 4.69) is 13.0 Å². The molecule has 0 fully saturated rings. The number of benzene rings is 2. The molecule has 0 heterocycles. The van der Waals surface area contributed by atoms with Crippen molar-refractivity contribution in [3.8, 4) is 11.1 Å². The maximum absolute atomic E-state index is 6.14. The molecular formula is C14H11Cl2. The minimum Gasteiger partial charge on any atom is -0.0843 e. The Labute approximate surface area is 106 Å². The van der Waals surface area contributed by atoms with E-state index in [0.717, 1.165) is 22.6 Å². The maximum atomic E-state index is 6.14. The molecule has 0 saturated carbocycles. The Hall–Kier alpha value is -0.980. The third-order valence-corrected chi connectivity index (χ3v) is 3.10. The van der Waals surface area contributed by atoms with Gasteiger partial charge in [-0.25, -0.2) is 0 Å². The molecule has 2 aromatic carbocycles. The smallest absolute Gasteiger partial charge is 0.0563 e. The van der Waals surface area contributed by atoms with Crippen LogP contribution in [0.2, 0.25) is 10.0 Å². The van der Waals surface area contributed by atoms with Crippen LogP contribution >= 0.6 is 23.2 Å². The zero-order chi connectivity index (χ0) is 11.5. The van der Waals surface area contributed by atoms with Crippen molar-refractivity contribution in [2.24, 2.45) is 0 Å². The molecule has 0 nitrogen and oxygen atoms in total. The van der Waals surface area contributed by atoms with Crippen LogP contribution in [0, 0.1) is 6.07 Å². The van der Waals surface area contributed by atoms with Gasteiger partial charge in [-0.05, 0) is 29.7 Å². The van der Waals surface area contributed by atoms with Crippen LogP contribution in [0.3, 0.4) is 0 Å². The van der Waals surface area contributed by atoms with E-state index in [1.807, 2.05) is 36.4 Å². The average Bonchev–Trinajstić information content (AvgIpc) is 2.29. The predicted molar refractivity (Wildman–Crippen MR) is 70.1 cm³/mol. The third kappa shape index (κ3) is 2.23. The first-order chi connectivity index (χ1) is 7.72. The lowest BCUT2D eigenvalue weighted by atomic mass is 9.98. The summed E-state index contributed by atoms with van der Waals surface area (Å²) >= 11 is 12.2. The molecule has 81 valence electrons. The summed E-state index contributed by atoms with van der Waals surface area (Å²) < 4.78 is 0. The highest BCUT2D eigenvalue weighted by molar-refractivity contribution is 6.33. The van der Waals surface area contributed by atoms with Gasteiger partial charge < -0.3 is 0 Å². The molecule has 2 rings (SSSR count). The quantitative estimate of drug-likeness (QED) is 0.701. The summed E-state index contributed by atoms with van der Waals surface area (Å²) in [6.45, 7) is 2.12. The molecule has 0 N–H and O–H groups in total. The van der Waals surface area contributed by atoms with Crippen LogP contribution in [0.4, 0.5) is 0 Å². The first-order valence-corrected chi connectivity index (χ1v) is 5.93. The van der Waals surface area contributed by atoms with Gasteiger partial charge in [0.15, 0.2) is 0 Å². The largest absolute Gasteiger partial charge is 0.0843 e. The van der Waals surface area contributed by atoms with Crippen LogP contribution in [0.15, 0.2) is 36.4 Å². The summed E-state index contributed by atoms with van der Waals surface area (Å²) in [6.07, 6.45) is 0.956.